The van der Waals surface area contributed by atoms with Crippen LogP contribution in [0.15, 0.2) is 17.5 Å². The molecule has 0 aromatic carbocycles. The summed E-state index contributed by atoms with van der Waals surface area (Å²) in [7, 11) is 0. The summed E-state index contributed by atoms with van der Waals surface area (Å²) in [5, 5.41) is 5.27. The fourth-order valence-corrected chi connectivity index (χ4v) is 2.95. The summed E-state index contributed by atoms with van der Waals surface area (Å²) in [5.74, 6) is 0.668. The summed E-state index contributed by atoms with van der Waals surface area (Å²) in [6.07, 6.45) is 4.44. The number of rotatable bonds is 3. The van der Waals surface area contributed by atoms with Crippen LogP contribution in [-0.4, -0.2) is 17.8 Å². The normalized spacial score (nSPS) is 25.3. The van der Waals surface area contributed by atoms with Crippen LogP contribution in [0.4, 0.5) is 0 Å². The van der Waals surface area contributed by atoms with Crippen molar-refractivity contribution in [2.24, 2.45) is 5.92 Å². The number of halogens is 1. The lowest BCUT2D eigenvalue weighted by Crippen LogP contribution is -2.30. The van der Waals surface area contributed by atoms with Crippen molar-refractivity contribution in [2.45, 2.75) is 31.1 Å². The smallest absolute Gasteiger partial charge is 0.261 e. The van der Waals surface area contributed by atoms with Crippen molar-refractivity contribution >= 4 is 28.8 Å². The Labute approximate surface area is 105 Å². The maximum atomic E-state index is 11.7. The van der Waals surface area contributed by atoms with E-state index in [1.54, 1.807) is 0 Å². The van der Waals surface area contributed by atoms with Gasteiger partial charge >= 0.3 is 0 Å². The number of carbonyl (C=O) groups is 1. The van der Waals surface area contributed by atoms with Crippen molar-refractivity contribution in [3.63, 3.8) is 0 Å². The van der Waals surface area contributed by atoms with Crippen molar-refractivity contribution in [1.29, 1.82) is 0 Å². The molecule has 0 spiro atoms. The molecule has 16 heavy (non-hydrogen) atoms. The van der Waals surface area contributed by atoms with Gasteiger partial charge in [-0.1, -0.05) is 6.07 Å². The fraction of sp³-hybridized carbons (Fsp3) is 0.583. The van der Waals surface area contributed by atoms with Crippen LogP contribution in [0.2, 0.25) is 0 Å². The SMILES string of the molecule is O=C(NCC1CCC(Cl)CC1)c1cccs1. The van der Waals surface area contributed by atoms with Gasteiger partial charge in [0.1, 0.15) is 0 Å². The summed E-state index contributed by atoms with van der Waals surface area (Å²) in [6, 6.07) is 3.76. The topological polar surface area (TPSA) is 29.1 Å². The molecule has 1 aliphatic rings. The first-order valence-electron chi connectivity index (χ1n) is 5.71. The van der Waals surface area contributed by atoms with Gasteiger partial charge in [-0.3, -0.25) is 4.79 Å². The Morgan fingerprint density at radius 3 is 2.81 bits per heavy atom. The predicted octanol–water partition coefficient (Wildman–Crippen LogP) is 3.28. The second-order valence-corrected chi connectivity index (χ2v) is 5.87. The third-order valence-electron chi connectivity index (χ3n) is 3.07. The Bertz CT molecular complexity index is 331. The van der Waals surface area contributed by atoms with E-state index in [9.17, 15) is 4.79 Å². The van der Waals surface area contributed by atoms with E-state index in [4.69, 9.17) is 11.6 Å². The molecule has 1 aliphatic carbocycles. The molecule has 0 bridgehead atoms. The zero-order valence-electron chi connectivity index (χ0n) is 9.12. The molecule has 0 unspecified atom stereocenters. The highest BCUT2D eigenvalue weighted by Crippen LogP contribution is 2.27. The highest BCUT2D eigenvalue weighted by Gasteiger charge is 2.20. The van der Waals surface area contributed by atoms with Crippen molar-refractivity contribution in [2.75, 3.05) is 6.54 Å². The van der Waals surface area contributed by atoms with Crippen LogP contribution in [0.5, 0.6) is 0 Å². The van der Waals surface area contributed by atoms with E-state index in [1.807, 2.05) is 17.5 Å². The average molecular weight is 258 g/mol. The molecule has 2 rings (SSSR count). The number of alkyl halides is 1. The summed E-state index contributed by atoms with van der Waals surface area (Å²) in [5.41, 5.74) is 0. The minimum Gasteiger partial charge on any atom is -0.351 e. The van der Waals surface area contributed by atoms with Gasteiger partial charge in [0, 0.05) is 11.9 Å². The van der Waals surface area contributed by atoms with Gasteiger partial charge in [-0.05, 0) is 43.0 Å². The van der Waals surface area contributed by atoms with E-state index < -0.39 is 0 Å². The maximum absolute atomic E-state index is 11.7. The number of amides is 1. The summed E-state index contributed by atoms with van der Waals surface area (Å²) in [4.78, 5) is 12.5. The molecule has 0 saturated heterocycles. The molecule has 1 saturated carbocycles. The summed E-state index contributed by atoms with van der Waals surface area (Å²) < 4.78 is 0. The van der Waals surface area contributed by atoms with Crippen LogP contribution in [0.3, 0.4) is 0 Å². The molecule has 1 fully saturated rings. The summed E-state index contributed by atoms with van der Waals surface area (Å²) in [6.45, 7) is 0.792. The second-order valence-electron chi connectivity index (χ2n) is 4.31. The van der Waals surface area contributed by atoms with Crippen molar-refractivity contribution < 1.29 is 4.79 Å². The minimum absolute atomic E-state index is 0.0583. The predicted molar refractivity (Wildman–Crippen MR) is 68.3 cm³/mol. The quantitative estimate of drug-likeness (QED) is 0.828. The van der Waals surface area contributed by atoms with E-state index in [1.165, 1.54) is 11.3 Å². The third-order valence-corrected chi connectivity index (χ3v) is 4.38. The van der Waals surface area contributed by atoms with E-state index >= 15 is 0 Å². The first kappa shape index (κ1) is 11.9. The van der Waals surface area contributed by atoms with Crippen molar-refractivity contribution in [1.82, 2.24) is 5.32 Å². The molecule has 88 valence electrons. The van der Waals surface area contributed by atoms with E-state index in [0.717, 1.165) is 37.1 Å². The zero-order chi connectivity index (χ0) is 11.4. The number of thiophene rings is 1. The van der Waals surface area contributed by atoms with E-state index in [-0.39, 0.29) is 5.91 Å². The zero-order valence-corrected chi connectivity index (χ0v) is 10.7. The van der Waals surface area contributed by atoms with Crippen molar-refractivity contribution in [3.05, 3.63) is 22.4 Å². The largest absolute Gasteiger partial charge is 0.351 e. The van der Waals surface area contributed by atoms with Crippen LogP contribution in [-0.2, 0) is 0 Å². The lowest BCUT2D eigenvalue weighted by molar-refractivity contribution is 0.0948. The molecular weight excluding hydrogens is 242 g/mol. The Kier molecular flexibility index (Phi) is 4.24. The Morgan fingerprint density at radius 1 is 1.44 bits per heavy atom. The first-order chi connectivity index (χ1) is 7.75. The minimum atomic E-state index is 0.0583. The van der Waals surface area contributed by atoms with Gasteiger partial charge in [-0.15, -0.1) is 22.9 Å². The number of carbonyl (C=O) groups excluding carboxylic acids is 1. The van der Waals surface area contributed by atoms with Crippen LogP contribution >= 0.6 is 22.9 Å². The highest BCUT2D eigenvalue weighted by atomic mass is 35.5. The molecule has 0 aliphatic heterocycles. The molecular formula is C12H16ClNOS. The Balaban J connectivity index is 1.73. The number of hydrogen-bond donors (Lipinski definition) is 1. The van der Waals surface area contributed by atoms with Gasteiger partial charge in [0.25, 0.3) is 5.91 Å². The van der Waals surface area contributed by atoms with Gasteiger partial charge in [-0.2, -0.15) is 0 Å². The highest BCUT2D eigenvalue weighted by molar-refractivity contribution is 7.12. The monoisotopic (exact) mass is 257 g/mol. The van der Waals surface area contributed by atoms with Crippen LogP contribution in [0.1, 0.15) is 35.4 Å². The van der Waals surface area contributed by atoms with Crippen LogP contribution < -0.4 is 5.32 Å². The molecule has 2 nitrogen and oxygen atoms in total. The Hall–Kier alpha value is -0.540. The molecule has 1 N–H and O–H groups in total. The Morgan fingerprint density at radius 2 is 2.19 bits per heavy atom. The molecule has 4 heteroatoms. The fourth-order valence-electron chi connectivity index (χ4n) is 2.06. The van der Waals surface area contributed by atoms with Gasteiger partial charge in [-0.25, -0.2) is 0 Å². The van der Waals surface area contributed by atoms with E-state index in [2.05, 4.69) is 5.32 Å². The molecule has 1 aromatic heterocycles. The lowest BCUT2D eigenvalue weighted by atomic mass is 9.89. The van der Waals surface area contributed by atoms with E-state index in [0.29, 0.717) is 11.3 Å². The molecule has 1 amide bonds. The first-order valence-corrected chi connectivity index (χ1v) is 7.03. The van der Waals surface area contributed by atoms with Crippen LogP contribution in [0, 0.1) is 5.92 Å². The van der Waals surface area contributed by atoms with Crippen molar-refractivity contribution in [3.8, 4) is 0 Å². The molecule has 0 atom stereocenters. The third kappa shape index (κ3) is 3.22. The van der Waals surface area contributed by atoms with Gasteiger partial charge in [0.2, 0.25) is 0 Å². The number of nitrogens with one attached hydrogen (secondary N) is 1. The maximum Gasteiger partial charge on any atom is 0.261 e. The van der Waals surface area contributed by atoms with Gasteiger partial charge in [0.15, 0.2) is 0 Å². The molecule has 0 radical (unpaired) electrons. The van der Waals surface area contributed by atoms with Crippen LogP contribution in [0.25, 0.3) is 0 Å². The summed E-state index contributed by atoms with van der Waals surface area (Å²) >= 11 is 7.53. The average Bonchev–Trinajstić information content (AvgIpc) is 2.81. The van der Waals surface area contributed by atoms with Gasteiger partial charge in [0.05, 0.1) is 4.88 Å². The van der Waals surface area contributed by atoms with Gasteiger partial charge < -0.3 is 5.32 Å². The standard InChI is InChI=1S/C12H16ClNOS/c13-10-5-3-9(4-6-10)8-14-12(15)11-2-1-7-16-11/h1-2,7,9-10H,3-6,8H2,(H,14,15). The second kappa shape index (κ2) is 5.69. The molecule has 1 aromatic rings. The molecule has 1 heterocycles. The lowest BCUT2D eigenvalue weighted by Gasteiger charge is -2.24. The number of hydrogen-bond acceptors (Lipinski definition) is 2.